The first-order chi connectivity index (χ1) is 15.7. The largest absolute Gasteiger partial charge is 0.385 e. The molecule has 0 aliphatic carbocycles. The predicted molar refractivity (Wildman–Crippen MR) is 122 cm³/mol. The molecule has 0 atom stereocenters. The van der Waals surface area contributed by atoms with Crippen LogP contribution in [-0.2, 0) is 38.0 Å². The highest BCUT2D eigenvalue weighted by Gasteiger charge is 2.01. The Labute approximate surface area is 193 Å². The number of ether oxygens (including phenoxy) is 6. The fourth-order valence-corrected chi connectivity index (χ4v) is 2.69. The zero-order valence-corrected chi connectivity index (χ0v) is 20.2. The van der Waals surface area contributed by atoms with E-state index >= 15 is 0 Å². The summed E-state index contributed by atoms with van der Waals surface area (Å²) in [6.07, 6.45) is 7.33. The van der Waals surface area contributed by atoms with Gasteiger partial charge in [0.2, 0.25) is 5.91 Å². The molecule has 0 unspecified atom stereocenters. The van der Waals surface area contributed by atoms with Crippen molar-refractivity contribution >= 4 is 11.7 Å². The summed E-state index contributed by atoms with van der Waals surface area (Å²) in [4.78, 5) is 22.4. The van der Waals surface area contributed by atoms with Crippen molar-refractivity contribution in [2.45, 2.75) is 51.9 Å². The smallest absolute Gasteiger partial charge is 0.220 e. The molecule has 9 nitrogen and oxygen atoms in total. The van der Waals surface area contributed by atoms with Crippen molar-refractivity contribution in [3.63, 3.8) is 0 Å². The highest BCUT2D eigenvalue weighted by Crippen LogP contribution is 2.07. The minimum atomic E-state index is 0.00657. The molecule has 0 aliphatic rings. The summed E-state index contributed by atoms with van der Waals surface area (Å²) in [5.74, 6) is 0.0982. The first-order valence-electron chi connectivity index (χ1n) is 11.8. The zero-order valence-electron chi connectivity index (χ0n) is 20.2. The van der Waals surface area contributed by atoms with Crippen molar-refractivity contribution in [3.8, 4) is 0 Å². The fraction of sp³-hybridized carbons (Fsp3) is 0.913. The number of unbranched alkanes of at least 4 members (excludes halogenated alkanes) is 5. The van der Waals surface area contributed by atoms with Gasteiger partial charge in [0.15, 0.2) is 5.78 Å². The third-order valence-corrected chi connectivity index (χ3v) is 4.36. The van der Waals surface area contributed by atoms with Gasteiger partial charge in [-0.3, -0.25) is 9.59 Å². The average molecular weight is 464 g/mol. The van der Waals surface area contributed by atoms with Crippen molar-refractivity contribution in [3.05, 3.63) is 0 Å². The Balaban J connectivity index is 3.13. The van der Waals surface area contributed by atoms with Crippen molar-refractivity contribution < 1.29 is 38.0 Å². The second-order valence-corrected chi connectivity index (χ2v) is 7.42. The van der Waals surface area contributed by atoms with E-state index in [4.69, 9.17) is 28.4 Å². The number of carbonyl (C=O) groups excluding carboxylic acids is 2. The van der Waals surface area contributed by atoms with Gasteiger partial charge in [0.1, 0.15) is 6.61 Å². The molecule has 0 bridgehead atoms. The highest BCUT2D eigenvalue weighted by atomic mass is 16.6. The summed E-state index contributed by atoms with van der Waals surface area (Å²) in [5, 5.41) is 2.88. The molecule has 1 amide bonds. The lowest BCUT2D eigenvalue weighted by Gasteiger charge is -2.08. The summed E-state index contributed by atoms with van der Waals surface area (Å²) in [7, 11) is 1.73. The molecule has 0 aromatic rings. The third kappa shape index (κ3) is 26.9. The lowest BCUT2D eigenvalue weighted by Crippen LogP contribution is -2.27. The Kier molecular flexibility index (Phi) is 25.3. The van der Waals surface area contributed by atoms with Crippen LogP contribution in [0, 0.1) is 0 Å². The van der Waals surface area contributed by atoms with E-state index in [2.05, 4.69) is 5.32 Å². The van der Waals surface area contributed by atoms with Crippen LogP contribution in [0.15, 0.2) is 0 Å². The molecule has 0 aliphatic heterocycles. The van der Waals surface area contributed by atoms with Crippen LogP contribution in [0.3, 0.4) is 0 Å². The maximum absolute atomic E-state index is 11.7. The monoisotopic (exact) mass is 463 g/mol. The number of rotatable bonds is 26. The lowest BCUT2D eigenvalue weighted by molar-refractivity contribution is -0.122. The van der Waals surface area contributed by atoms with E-state index < -0.39 is 0 Å². The van der Waals surface area contributed by atoms with Crippen LogP contribution in [0.1, 0.15) is 51.9 Å². The number of ketones is 1. The van der Waals surface area contributed by atoms with E-state index in [0.717, 1.165) is 25.9 Å². The molecule has 0 saturated heterocycles. The summed E-state index contributed by atoms with van der Waals surface area (Å²) < 4.78 is 31.6. The van der Waals surface area contributed by atoms with Gasteiger partial charge in [-0.2, -0.15) is 0 Å². The van der Waals surface area contributed by atoms with Gasteiger partial charge >= 0.3 is 0 Å². The molecule has 0 saturated carbocycles. The topological polar surface area (TPSA) is 102 Å². The molecule has 0 radical (unpaired) electrons. The number of amides is 1. The standard InChI is InChI=1S/C23H45NO8/c1-22(25)21-32-20-19-31-18-17-30-16-15-29-14-13-28-12-10-24-23(26)9-7-5-3-4-6-8-11-27-2/h3-21H2,1-2H3,(H,24,26). The van der Waals surface area contributed by atoms with E-state index in [1.165, 1.54) is 26.2 Å². The van der Waals surface area contributed by atoms with Gasteiger partial charge in [-0.25, -0.2) is 0 Å². The maximum atomic E-state index is 11.7. The van der Waals surface area contributed by atoms with Crippen molar-refractivity contribution in [1.29, 1.82) is 0 Å². The Morgan fingerprint density at radius 1 is 0.594 bits per heavy atom. The van der Waals surface area contributed by atoms with Crippen LogP contribution in [-0.4, -0.2) is 98.0 Å². The Bertz CT molecular complexity index is 423. The number of Topliss-reactive ketones (excluding diaryl/α,β-unsaturated/α-hetero) is 1. The second kappa shape index (κ2) is 26.2. The molecule has 0 rings (SSSR count). The number of carbonyl (C=O) groups is 2. The van der Waals surface area contributed by atoms with Crippen LogP contribution in [0.5, 0.6) is 0 Å². The first kappa shape index (κ1) is 30.9. The van der Waals surface area contributed by atoms with Crippen LogP contribution in [0.25, 0.3) is 0 Å². The van der Waals surface area contributed by atoms with Gasteiger partial charge in [0.05, 0.1) is 59.5 Å². The maximum Gasteiger partial charge on any atom is 0.220 e. The highest BCUT2D eigenvalue weighted by molar-refractivity contribution is 5.76. The normalized spacial score (nSPS) is 11.1. The zero-order chi connectivity index (χ0) is 23.5. The Morgan fingerprint density at radius 2 is 1.06 bits per heavy atom. The summed E-state index contributed by atoms with van der Waals surface area (Å²) in [6, 6.07) is 0. The number of hydrogen-bond donors (Lipinski definition) is 1. The van der Waals surface area contributed by atoms with Crippen LogP contribution < -0.4 is 5.32 Å². The quantitative estimate of drug-likeness (QED) is 0.195. The second-order valence-electron chi connectivity index (χ2n) is 7.42. The molecular weight excluding hydrogens is 418 g/mol. The first-order valence-corrected chi connectivity index (χ1v) is 11.8. The van der Waals surface area contributed by atoms with Gasteiger partial charge in [-0.05, 0) is 19.8 Å². The Morgan fingerprint density at radius 3 is 1.59 bits per heavy atom. The minimum Gasteiger partial charge on any atom is -0.385 e. The van der Waals surface area contributed by atoms with Gasteiger partial charge in [-0.15, -0.1) is 0 Å². The molecule has 32 heavy (non-hydrogen) atoms. The average Bonchev–Trinajstić information content (AvgIpc) is 2.77. The summed E-state index contributed by atoms with van der Waals surface area (Å²) in [5.41, 5.74) is 0. The van der Waals surface area contributed by atoms with Crippen molar-refractivity contribution in [2.75, 3.05) is 86.3 Å². The van der Waals surface area contributed by atoms with E-state index in [-0.39, 0.29) is 18.3 Å². The van der Waals surface area contributed by atoms with Gasteiger partial charge < -0.3 is 33.7 Å². The molecule has 0 heterocycles. The number of hydrogen-bond acceptors (Lipinski definition) is 8. The van der Waals surface area contributed by atoms with E-state index in [9.17, 15) is 9.59 Å². The van der Waals surface area contributed by atoms with Crippen molar-refractivity contribution in [1.82, 2.24) is 5.32 Å². The summed E-state index contributed by atoms with van der Waals surface area (Å²) in [6.45, 7) is 7.25. The number of nitrogens with one attached hydrogen (secondary N) is 1. The predicted octanol–water partition coefficient (Wildman–Crippen LogP) is 2.15. The lowest BCUT2D eigenvalue weighted by atomic mass is 10.1. The van der Waals surface area contributed by atoms with Crippen LogP contribution in [0.4, 0.5) is 0 Å². The molecule has 1 N–H and O–H groups in total. The van der Waals surface area contributed by atoms with E-state index in [1.54, 1.807) is 7.11 Å². The van der Waals surface area contributed by atoms with Crippen LogP contribution >= 0.6 is 0 Å². The molecule has 0 fully saturated rings. The molecule has 0 aromatic heterocycles. The third-order valence-electron chi connectivity index (χ3n) is 4.36. The minimum absolute atomic E-state index is 0.00657. The van der Waals surface area contributed by atoms with Crippen LogP contribution in [0.2, 0.25) is 0 Å². The fourth-order valence-electron chi connectivity index (χ4n) is 2.69. The Hall–Kier alpha value is -1.10. The molecular formula is C23H45NO8. The van der Waals surface area contributed by atoms with Gasteiger partial charge in [0, 0.05) is 26.7 Å². The van der Waals surface area contributed by atoms with E-state index in [1.807, 2.05) is 0 Å². The SMILES string of the molecule is COCCCCCCCCC(=O)NCCOCCOCCOCCOCCOCC(C)=O. The molecule has 0 spiro atoms. The van der Waals surface area contributed by atoms with E-state index in [0.29, 0.717) is 72.4 Å². The van der Waals surface area contributed by atoms with Gasteiger partial charge in [-0.1, -0.05) is 25.7 Å². The molecule has 190 valence electrons. The number of methoxy groups -OCH3 is 1. The molecule has 0 aromatic carbocycles. The summed E-state index contributed by atoms with van der Waals surface area (Å²) >= 11 is 0. The van der Waals surface area contributed by atoms with Gasteiger partial charge in [0.25, 0.3) is 0 Å². The molecule has 9 heteroatoms. The van der Waals surface area contributed by atoms with Crippen molar-refractivity contribution in [2.24, 2.45) is 0 Å².